The monoisotopic (exact) mass is 314 g/mol. The number of carbonyl (C=O) groups is 1. The fourth-order valence-corrected chi connectivity index (χ4v) is 3.04. The van der Waals surface area contributed by atoms with E-state index in [1.807, 2.05) is 19.9 Å². The van der Waals surface area contributed by atoms with Gasteiger partial charge >= 0.3 is 6.09 Å². The van der Waals surface area contributed by atoms with Crippen molar-refractivity contribution in [2.24, 2.45) is 5.92 Å². The number of rotatable bonds is 4. The summed E-state index contributed by atoms with van der Waals surface area (Å²) in [6.07, 6.45) is 1.27. The molecule has 1 N–H and O–H groups in total. The molecule has 23 heavy (non-hydrogen) atoms. The van der Waals surface area contributed by atoms with Gasteiger partial charge in [-0.1, -0.05) is 27.7 Å². The number of fused-ring (bicyclic) bond motifs is 1. The van der Waals surface area contributed by atoms with Crippen molar-refractivity contribution in [1.82, 2.24) is 4.98 Å². The standard InChI is InChI=1S/C19H26N2O2/c1-11(2)10-23-19(22)21-18-16-9-13(5)17(12(3)4)14(6)15(16)7-8-20-18/h7-9,11-12H,10H2,1-6H3,(H,20,21,22). The molecule has 2 aromatic rings. The Morgan fingerprint density at radius 3 is 2.52 bits per heavy atom. The molecule has 0 radical (unpaired) electrons. The van der Waals surface area contributed by atoms with Crippen LogP contribution in [-0.4, -0.2) is 17.7 Å². The van der Waals surface area contributed by atoms with Crippen LogP contribution in [0.3, 0.4) is 0 Å². The molecular weight excluding hydrogens is 288 g/mol. The van der Waals surface area contributed by atoms with Crippen molar-refractivity contribution in [2.75, 3.05) is 11.9 Å². The molecule has 4 heteroatoms. The highest BCUT2D eigenvalue weighted by atomic mass is 16.5. The molecule has 0 aliphatic carbocycles. The highest BCUT2D eigenvalue weighted by molar-refractivity contribution is 6.00. The number of anilines is 1. The number of nitrogens with one attached hydrogen (secondary N) is 1. The number of hydrogen-bond acceptors (Lipinski definition) is 3. The van der Waals surface area contributed by atoms with Crippen LogP contribution in [0.1, 0.15) is 50.3 Å². The lowest BCUT2D eigenvalue weighted by Crippen LogP contribution is -2.17. The van der Waals surface area contributed by atoms with Gasteiger partial charge in [0.15, 0.2) is 0 Å². The van der Waals surface area contributed by atoms with E-state index in [9.17, 15) is 4.79 Å². The molecule has 2 rings (SSSR count). The van der Waals surface area contributed by atoms with E-state index in [1.165, 1.54) is 16.7 Å². The Kier molecular flexibility index (Phi) is 5.24. The van der Waals surface area contributed by atoms with Gasteiger partial charge in [0.1, 0.15) is 5.82 Å². The normalized spacial score (nSPS) is 11.3. The molecule has 0 saturated carbocycles. The molecule has 1 aromatic heterocycles. The summed E-state index contributed by atoms with van der Waals surface area (Å²) in [5, 5.41) is 4.84. The molecule has 0 bridgehead atoms. The Labute approximate surface area is 138 Å². The van der Waals surface area contributed by atoms with Gasteiger partial charge in [0.25, 0.3) is 0 Å². The van der Waals surface area contributed by atoms with Crippen LogP contribution in [0.5, 0.6) is 0 Å². The lowest BCUT2D eigenvalue weighted by molar-refractivity contribution is 0.147. The number of amides is 1. The molecule has 0 unspecified atom stereocenters. The zero-order valence-electron chi connectivity index (χ0n) is 14.9. The van der Waals surface area contributed by atoms with Gasteiger partial charge in [0, 0.05) is 11.6 Å². The molecule has 0 atom stereocenters. The molecule has 0 aliphatic heterocycles. The quantitative estimate of drug-likeness (QED) is 0.846. The van der Waals surface area contributed by atoms with Crippen LogP contribution in [-0.2, 0) is 4.74 Å². The van der Waals surface area contributed by atoms with E-state index >= 15 is 0 Å². The lowest BCUT2D eigenvalue weighted by Gasteiger charge is -2.18. The van der Waals surface area contributed by atoms with Crippen LogP contribution >= 0.6 is 0 Å². The van der Waals surface area contributed by atoms with Crippen molar-refractivity contribution in [3.63, 3.8) is 0 Å². The molecule has 1 aromatic carbocycles. The summed E-state index contributed by atoms with van der Waals surface area (Å²) in [6, 6.07) is 4.10. The minimum absolute atomic E-state index is 0.305. The minimum atomic E-state index is -0.457. The maximum absolute atomic E-state index is 11.9. The highest BCUT2D eigenvalue weighted by Crippen LogP contribution is 2.32. The summed E-state index contributed by atoms with van der Waals surface area (Å²) in [6.45, 7) is 13.0. The van der Waals surface area contributed by atoms with Gasteiger partial charge in [0.2, 0.25) is 0 Å². The van der Waals surface area contributed by atoms with E-state index in [4.69, 9.17) is 4.74 Å². The van der Waals surface area contributed by atoms with Crippen LogP contribution in [0.15, 0.2) is 18.3 Å². The maximum Gasteiger partial charge on any atom is 0.412 e. The van der Waals surface area contributed by atoms with Gasteiger partial charge in [-0.25, -0.2) is 9.78 Å². The van der Waals surface area contributed by atoms with Gasteiger partial charge in [0.05, 0.1) is 6.61 Å². The smallest absolute Gasteiger partial charge is 0.412 e. The summed E-state index contributed by atoms with van der Waals surface area (Å²) >= 11 is 0. The second kappa shape index (κ2) is 6.99. The largest absolute Gasteiger partial charge is 0.449 e. The van der Waals surface area contributed by atoms with Crippen molar-refractivity contribution in [1.29, 1.82) is 0 Å². The van der Waals surface area contributed by atoms with Gasteiger partial charge in [-0.3, -0.25) is 5.32 Å². The minimum Gasteiger partial charge on any atom is -0.449 e. The summed E-state index contributed by atoms with van der Waals surface area (Å²) in [4.78, 5) is 16.3. The van der Waals surface area contributed by atoms with Crippen molar-refractivity contribution >= 4 is 22.7 Å². The molecule has 1 heterocycles. The summed E-state index contributed by atoms with van der Waals surface area (Å²) in [7, 11) is 0. The van der Waals surface area contributed by atoms with E-state index in [0.29, 0.717) is 24.3 Å². The predicted octanol–water partition coefficient (Wildman–Crippen LogP) is 5.18. The van der Waals surface area contributed by atoms with Crippen molar-refractivity contribution < 1.29 is 9.53 Å². The molecule has 124 valence electrons. The van der Waals surface area contributed by atoms with E-state index in [1.54, 1.807) is 6.20 Å². The highest BCUT2D eigenvalue weighted by Gasteiger charge is 2.15. The van der Waals surface area contributed by atoms with Crippen molar-refractivity contribution in [3.05, 3.63) is 35.0 Å². The molecule has 0 spiro atoms. The molecular formula is C19H26N2O2. The first-order valence-electron chi connectivity index (χ1n) is 8.13. The van der Waals surface area contributed by atoms with Gasteiger partial charge < -0.3 is 4.74 Å². The number of carbonyl (C=O) groups excluding carboxylic acids is 1. The number of ether oxygens (including phenoxy) is 1. The Balaban J connectivity index is 2.41. The first kappa shape index (κ1) is 17.3. The number of aromatic nitrogens is 1. The molecule has 0 fully saturated rings. The first-order valence-corrected chi connectivity index (χ1v) is 8.13. The van der Waals surface area contributed by atoms with E-state index < -0.39 is 6.09 Å². The Hall–Kier alpha value is -2.10. The Morgan fingerprint density at radius 2 is 1.91 bits per heavy atom. The molecule has 1 amide bonds. The SMILES string of the molecule is Cc1cc2c(NC(=O)OCC(C)C)nccc2c(C)c1C(C)C. The third kappa shape index (κ3) is 3.81. The van der Waals surface area contributed by atoms with Gasteiger partial charge in [-0.2, -0.15) is 0 Å². The third-order valence-electron chi connectivity index (χ3n) is 3.93. The lowest BCUT2D eigenvalue weighted by atomic mass is 9.89. The van der Waals surface area contributed by atoms with Crippen LogP contribution in [0.2, 0.25) is 0 Å². The second-order valence-electron chi connectivity index (χ2n) is 6.76. The molecule has 0 aliphatic rings. The zero-order valence-corrected chi connectivity index (χ0v) is 14.9. The van der Waals surface area contributed by atoms with Crippen LogP contribution < -0.4 is 5.32 Å². The van der Waals surface area contributed by atoms with Gasteiger partial charge in [-0.15, -0.1) is 0 Å². The Morgan fingerprint density at radius 1 is 1.22 bits per heavy atom. The van der Waals surface area contributed by atoms with E-state index in [2.05, 4.69) is 44.1 Å². The number of pyridine rings is 1. The van der Waals surface area contributed by atoms with Crippen LogP contribution in [0.4, 0.5) is 10.6 Å². The Bertz CT molecular complexity index is 721. The molecule has 0 saturated heterocycles. The first-order chi connectivity index (χ1) is 10.8. The number of benzene rings is 1. The summed E-state index contributed by atoms with van der Waals surface area (Å²) in [5.41, 5.74) is 3.82. The topological polar surface area (TPSA) is 51.2 Å². The fourth-order valence-electron chi connectivity index (χ4n) is 3.04. The van der Waals surface area contributed by atoms with Gasteiger partial charge in [-0.05, 0) is 59.9 Å². The molecule has 4 nitrogen and oxygen atoms in total. The van der Waals surface area contributed by atoms with E-state index in [0.717, 1.165) is 10.8 Å². The zero-order chi connectivity index (χ0) is 17.1. The average Bonchev–Trinajstić information content (AvgIpc) is 2.45. The second-order valence-corrected chi connectivity index (χ2v) is 6.76. The van der Waals surface area contributed by atoms with Crippen molar-refractivity contribution in [2.45, 2.75) is 47.5 Å². The number of hydrogen-bond donors (Lipinski definition) is 1. The van der Waals surface area contributed by atoms with Crippen molar-refractivity contribution in [3.8, 4) is 0 Å². The number of aryl methyl sites for hydroxylation is 2. The fraction of sp³-hybridized carbons (Fsp3) is 0.474. The third-order valence-corrected chi connectivity index (χ3v) is 3.93. The van der Waals surface area contributed by atoms with E-state index in [-0.39, 0.29) is 0 Å². The average molecular weight is 314 g/mol. The van der Waals surface area contributed by atoms with Crippen LogP contribution in [0.25, 0.3) is 10.8 Å². The predicted molar refractivity (Wildman–Crippen MR) is 95.1 cm³/mol. The maximum atomic E-state index is 11.9. The summed E-state index contributed by atoms with van der Waals surface area (Å²) < 4.78 is 5.19. The summed E-state index contributed by atoms with van der Waals surface area (Å²) in [5.74, 6) is 1.32. The van der Waals surface area contributed by atoms with Crippen LogP contribution in [0, 0.1) is 19.8 Å². The number of nitrogens with zero attached hydrogens (tertiary/aromatic N) is 1.